The van der Waals surface area contributed by atoms with Crippen LogP contribution in [0.4, 0.5) is 0 Å². The molecule has 4 aliphatic rings. The molecule has 0 saturated heterocycles. The maximum atomic E-state index is 2.54. The van der Waals surface area contributed by atoms with Gasteiger partial charge in [-0.3, -0.25) is 0 Å². The Labute approximate surface area is 75.7 Å². The maximum absolute atomic E-state index is 2.54. The fraction of sp³-hybridized carbons (Fsp3) is 1.00. The Morgan fingerprint density at radius 3 is 2.25 bits per heavy atom. The lowest BCUT2D eigenvalue weighted by Crippen LogP contribution is -2.44. The molecule has 0 N–H and O–H groups in total. The van der Waals surface area contributed by atoms with Crippen LogP contribution in [0, 0.1) is 40.9 Å². The van der Waals surface area contributed by atoms with Crippen molar-refractivity contribution in [2.24, 2.45) is 40.9 Å². The van der Waals surface area contributed by atoms with E-state index in [-0.39, 0.29) is 0 Å². The molecule has 0 aromatic heterocycles. The van der Waals surface area contributed by atoms with Gasteiger partial charge in [0.15, 0.2) is 0 Å². The van der Waals surface area contributed by atoms with E-state index in [1.165, 1.54) is 0 Å². The van der Waals surface area contributed by atoms with Crippen LogP contribution >= 0.6 is 0 Å². The van der Waals surface area contributed by atoms with Crippen molar-refractivity contribution in [2.75, 3.05) is 0 Å². The van der Waals surface area contributed by atoms with E-state index in [1.54, 1.807) is 6.42 Å². The van der Waals surface area contributed by atoms with Gasteiger partial charge in [0, 0.05) is 0 Å². The fourth-order valence-electron chi connectivity index (χ4n) is 5.01. The van der Waals surface area contributed by atoms with Crippen LogP contribution in [0.1, 0.15) is 34.1 Å². The highest BCUT2D eigenvalue weighted by molar-refractivity contribution is 5.19. The quantitative estimate of drug-likeness (QED) is 0.516. The van der Waals surface area contributed by atoms with Crippen molar-refractivity contribution in [3.63, 3.8) is 0 Å². The third kappa shape index (κ3) is 0.482. The van der Waals surface area contributed by atoms with Crippen LogP contribution in [0.5, 0.6) is 0 Å². The first-order valence-electron chi connectivity index (χ1n) is 5.57. The topological polar surface area (TPSA) is 0 Å². The van der Waals surface area contributed by atoms with Gasteiger partial charge in [-0.25, -0.2) is 0 Å². The lowest BCUT2D eigenvalue weighted by Gasteiger charge is -2.49. The van der Waals surface area contributed by atoms with Crippen molar-refractivity contribution in [1.82, 2.24) is 0 Å². The van der Waals surface area contributed by atoms with E-state index in [0.29, 0.717) is 0 Å². The predicted octanol–water partition coefficient (Wildman–Crippen LogP) is 3.18. The normalized spacial score (nSPS) is 73.0. The van der Waals surface area contributed by atoms with Crippen molar-refractivity contribution >= 4 is 0 Å². The van der Waals surface area contributed by atoms with Gasteiger partial charge in [-0.1, -0.05) is 27.7 Å². The van der Waals surface area contributed by atoms with E-state index in [4.69, 9.17) is 0 Å². The Hall–Kier alpha value is 0. The van der Waals surface area contributed by atoms with Crippen molar-refractivity contribution in [2.45, 2.75) is 34.1 Å². The average Bonchev–Trinajstić information content (AvgIpc) is 2.46. The van der Waals surface area contributed by atoms with E-state index < -0.39 is 0 Å². The Bertz CT molecular complexity index is 232. The fourth-order valence-corrected chi connectivity index (χ4v) is 5.01. The second-order valence-electron chi connectivity index (χ2n) is 5.98. The highest BCUT2D eigenvalue weighted by Crippen LogP contribution is 2.77. The number of hydrogen-bond donors (Lipinski definition) is 0. The Kier molecular flexibility index (Phi) is 1.09. The molecule has 4 fully saturated rings. The zero-order chi connectivity index (χ0) is 8.67. The molecule has 0 heteroatoms. The van der Waals surface area contributed by atoms with Gasteiger partial charge in [-0.05, 0) is 47.3 Å². The highest BCUT2D eigenvalue weighted by Gasteiger charge is 2.72. The summed E-state index contributed by atoms with van der Waals surface area (Å²) >= 11 is 0. The molecule has 0 radical (unpaired) electrons. The molecule has 0 amide bonds. The van der Waals surface area contributed by atoms with Gasteiger partial charge in [0.1, 0.15) is 0 Å². The van der Waals surface area contributed by atoms with E-state index in [9.17, 15) is 0 Å². The second-order valence-corrected chi connectivity index (χ2v) is 5.98. The molecule has 4 saturated carbocycles. The van der Waals surface area contributed by atoms with Crippen LogP contribution in [0.25, 0.3) is 0 Å². The molecule has 7 atom stereocenters. The van der Waals surface area contributed by atoms with Crippen molar-refractivity contribution in [1.29, 1.82) is 0 Å². The van der Waals surface area contributed by atoms with E-state index in [2.05, 4.69) is 27.7 Å². The Morgan fingerprint density at radius 1 is 1.08 bits per heavy atom. The minimum Gasteiger partial charge on any atom is -0.0620 e. The standard InChI is InChI=1S/C12H20/c1-6-7(2)11-10(6)9-5-12(11,4)8(9)3/h6-11H,5H2,1-4H3. The van der Waals surface area contributed by atoms with Gasteiger partial charge in [-0.2, -0.15) is 0 Å². The van der Waals surface area contributed by atoms with Crippen LogP contribution in [-0.2, 0) is 0 Å². The molecular weight excluding hydrogens is 144 g/mol. The SMILES string of the molecule is CC1C(C)C2C1C1CC2(C)C1C. The minimum atomic E-state index is 0.765. The summed E-state index contributed by atoms with van der Waals surface area (Å²) in [5.74, 6) is 6.44. The molecule has 4 rings (SSSR count). The first-order chi connectivity index (χ1) is 5.57. The first kappa shape index (κ1) is 7.41. The van der Waals surface area contributed by atoms with Crippen LogP contribution in [0.3, 0.4) is 0 Å². The van der Waals surface area contributed by atoms with Gasteiger partial charge >= 0.3 is 0 Å². The molecular formula is C12H20. The Morgan fingerprint density at radius 2 is 1.75 bits per heavy atom. The number of rotatable bonds is 0. The third-order valence-corrected chi connectivity index (χ3v) is 6.03. The van der Waals surface area contributed by atoms with Crippen LogP contribution in [0.15, 0.2) is 0 Å². The molecule has 0 aliphatic heterocycles. The molecule has 68 valence electrons. The first-order valence-corrected chi connectivity index (χ1v) is 5.57. The average molecular weight is 164 g/mol. The van der Waals surface area contributed by atoms with Crippen LogP contribution in [-0.4, -0.2) is 0 Å². The van der Waals surface area contributed by atoms with E-state index in [0.717, 1.165) is 40.9 Å². The third-order valence-electron chi connectivity index (χ3n) is 6.03. The van der Waals surface area contributed by atoms with Crippen molar-refractivity contribution in [3.8, 4) is 0 Å². The molecule has 0 aromatic rings. The summed E-state index contributed by atoms with van der Waals surface area (Å²) in [6, 6.07) is 0. The summed E-state index contributed by atoms with van der Waals surface area (Å²) in [6.07, 6.45) is 1.55. The molecule has 12 heavy (non-hydrogen) atoms. The largest absolute Gasteiger partial charge is 0.0620 e. The summed E-state index contributed by atoms with van der Waals surface area (Å²) in [7, 11) is 0. The van der Waals surface area contributed by atoms with Crippen LogP contribution in [0.2, 0.25) is 0 Å². The van der Waals surface area contributed by atoms with Gasteiger partial charge in [0.05, 0.1) is 0 Å². The highest BCUT2D eigenvalue weighted by atomic mass is 14.8. The van der Waals surface area contributed by atoms with Gasteiger partial charge < -0.3 is 0 Å². The van der Waals surface area contributed by atoms with Gasteiger partial charge in [-0.15, -0.1) is 0 Å². The molecule has 4 aliphatic carbocycles. The zero-order valence-corrected chi connectivity index (χ0v) is 8.67. The molecule has 2 bridgehead atoms. The van der Waals surface area contributed by atoms with Gasteiger partial charge in [0.2, 0.25) is 0 Å². The molecule has 0 spiro atoms. The second kappa shape index (κ2) is 1.76. The smallest absolute Gasteiger partial charge is 0.0261 e. The molecule has 0 heterocycles. The maximum Gasteiger partial charge on any atom is -0.0261 e. The summed E-state index contributed by atoms with van der Waals surface area (Å²) in [5.41, 5.74) is 0.765. The number of hydrogen-bond acceptors (Lipinski definition) is 0. The predicted molar refractivity (Wildman–Crippen MR) is 50.7 cm³/mol. The lowest BCUT2D eigenvalue weighted by atomic mass is 9.55. The van der Waals surface area contributed by atoms with E-state index in [1.807, 2.05) is 0 Å². The summed E-state index contributed by atoms with van der Waals surface area (Å²) in [5, 5.41) is 0. The summed E-state index contributed by atoms with van der Waals surface area (Å²) in [4.78, 5) is 0. The lowest BCUT2D eigenvalue weighted by molar-refractivity contribution is -0.0145. The van der Waals surface area contributed by atoms with E-state index >= 15 is 0 Å². The molecule has 0 aromatic carbocycles. The monoisotopic (exact) mass is 164 g/mol. The van der Waals surface area contributed by atoms with Crippen molar-refractivity contribution in [3.05, 3.63) is 0 Å². The summed E-state index contributed by atoms with van der Waals surface area (Å²) < 4.78 is 0. The van der Waals surface area contributed by atoms with Crippen molar-refractivity contribution < 1.29 is 0 Å². The summed E-state index contributed by atoms with van der Waals surface area (Å²) in [6.45, 7) is 9.99. The van der Waals surface area contributed by atoms with Gasteiger partial charge in [0.25, 0.3) is 0 Å². The Balaban J connectivity index is 1.97. The van der Waals surface area contributed by atoms with Crippen LogP contribution < -0.4 is 0 Å². The minimum absolute atomic E-state index is 0.765. The molecule has 0 nitrogen and oxygen atoms in total. The molecule has 7 unspecified atom stereocenters. The zero-order valence-electron chi connectivity index (χ0n) is 8.67.